The van der Waals surface area contributed by atoms with Crippen molar-refractivity contribution in [3.8, 4) is 5.75 Å². The molecule has 0 bridgehead atoms. The molecule has 0 unspecified atom stereocenters. The van der Waals surface area contributed by atoms with Crippen LogP contribution in [0.4, 0.5) is 10.2 Å². The van der Waals surface area contributed by atoms with Crippen molar-refractivity contribution < 1.29 is 14.3 Å². The molecule has 2 rings (SSSR count). The van der Waals surface area contributed by atoms with Gasteiger partial charge in [0.05, 0.1) is 17.3 Å². The number of aromatic nitrogens is 2. The van der Waals surface area contributed by atoms with Crippen LogP contribution >= 0.6 is 12.2 Å². The van der Waals surface area contributed by atoms with Crippen LogP contribution < -0.4 is 11.1 Å². The lowest BCUT2D eigenvalue weighted by Crippen LogP contribution is -2.19. The van der Waals surface area contributed by atoms with Gasteiger partial charge >= 0.3 is 0 Å². The Morgan fingerprint density at radius 1 is 1.50 bits per heavy atom. The normalized spacial score (nSPS) is 10.3. The van der Waals surface area contributed by atoms with Crippen LogP contribution in [0.15, 0.2) is 24.4 Å². The van der Waals surface area contributed by atoms with Crippen LogP contribution in [0, 0.1) is 5.82 Å². The number of amides is 1. The van der Waals surface area contributed by atoms with Crippen LogP contribution in [-0.2, 0) is 7.05 Å². The van der Waals surface area contributed by atoms with Gasteiger partial charge in [0, 0.05) is 7.05 Å². The molecule has 0 saturated carbocycles. The molecule has 0 aliphatic rings. The lowest BCUT2D eigenvalue weighted by molar-refractivity contribution is 0.102. The van der Waals surface area contributed by atoms with E-state index in [9.17, 15) is 14.3 Å². The monoisotopic (exact) mass is 294 g/mol. The molecule has 0 saturated heterocycles. The number of aryl methyl sites for hydroxylation is 1. The molecule has 4 N–H and O–H groups in total. The van der Waals surface area contributed by atoms with Gasteiger partial charge in [0.1, 0.15) is 22.4 Å². The number of nitrogens with zero attached hydrogens (tertiary/aromatic N) is 2. The molecule has 20 heavy (non-hydrogen) atoms. The number of thiocarbonyl (C=S) groups is 1. The second-order valence-corrected chi connectivity index (χ2v) is 4.45. The Labute approximate surface area is 119 Å². The van der Waals surface area contributed by atoms with E-state index in [1.165, 1.54) is 10.9 Å². The van der Waals surface area contributed by atoms with Gasteiger partial charge in [-0.15, -0.1) is 0 Å². The lowest BCUT2D eigenvalue weighted by Gasteiger charge is -2.09. The first-order valence-electron chi connectivity index (χ1n) is 5.52. The molecular weight excluding hydrogens is 283 g/mol. The first-order chi connectivity index (χ1) is 9.40. The summed E-state index contributed by atoms with van der Waals surface area (Å²) >= 11 is 4.84. The molecule has 0 radical (unpaired) electrons. The molecule has 0 fully saturated rings. The number of phenols is 1. The number of nitrogens with one attached hydrogen (secondary N) is 1. The fourth-order valence-corrected chi connectivity index (χ4v) is 1.78. The summed E-state index contributed by atoms with van der Waals surface area (Å²) < 4.78 is 14.5. The molecule has 6 nitrogen and oxygen atoms in total. The topological polar surface area (TPSA) is 93.2 Å². The fourth-order valence-electron chi connectivity index (χ4n) is 1.63. The minimum atomic E-state index is -0.692. The fraction of sp³-hybridized carbons (Fsp3) is 0.0833. The third kappa shape index (κ3) is 2.59. The van der Waals surface area contributed by atoms with Crippen LogP contribution in [0.3, 0.4) is 0 Å². The van der Waals surface area contributed by atoms with Crippen LogP contribution in [0.5, 0.6) is 5.75 Å². The van der Waals surface area contributed by atoms with E-state index in [2.05, 4.69) is 10.4 Å². The summed E-state index contributed by atoms with van der Waals surface area (Å²) in [6.07, 6.45) is 1.41. The Balaban J connectivity index is 2.35. The van der Waals surface area contributed by atoms with Crippen LogP contribution in [0.25, 0.3) is 0 Å². The highest BCUT2D eigenvalue weighted by Gasteiger charge is 2.17. The summed E-state index contributed by atoms with van der Waals surface area (Å²) in [4.78, 5) is 12.1. The molecule has 0 aliphatic heterocycles. The van der Waals surface area contributed by atoms with E-state index in [-0.39, 0.29) is 22.1 Å². The molecule has 8 heteroatoms. The minimum Gasteiger partial charge on any atom is -0.507 e. The third-order valence-corrected chi connectivity index (χ3v) is 2.86. The minimum absolute atomic E-state index is 0.0665. The van der Waals surface area contributed by atoms with Gasteiger partial charge < -0.3 is 16.2 Å². The van der Waals surface area contributed by atoms with Gasteiger partial charge in [0.25, 0.3) is 5.91 Å². The molecular formula is C12H11FN4O2S. The van der Waals surface area contributed by atoms with Crippen LogP contribution in [-0.4, -0.2) is 25.8 Å². The Kier molecular flexibility index (Phi) is 3.66. The second-order valence-electron chi connectivity index (χ2n) is 4.01. The van der Waals surface area contributed by atoms with Gasteiger partial charge in [0.15, 0.2) is 0 Å². The molecule has 1 heterocycles. The van der Waals surface area contributed by atoms with E-state index in [1.807, 2.05) is 0 Å². The van der Waals surface area contributed by atoms with Crippen LogP contribution in [0.2, 0.25) is 0 Å². The molecule has 0 spiro atoms. The number of carbonyl (C=O) groups excluding carboxylic acids is 1. The largest absolute Gasteiger partial charge is 0.507 e. The SMILES string of the molecule is Cn1ncc(C(N)=S)c1NC(=O)c1cc(F)ccc1O. The maximum atomic E-state index is 13.1. The number of halogens is 1. The smallest absolute Gasteiger partial charge is 0.260 e. The van der Waals surface area contributed by atoms with Crippen molar-refractivity contribution in [2.45, 2.75) is 0 Å². The molecule has 1 amide bonds. The van der Waals surface area contributed by atoms with E-state index in [0.717, 1.165) is 18.2 Å². The number of rotatable bonds is 3. The predicted molar refractivity (Wildman–Crippen MR) is 75.1 cm³/mol. The van der Waals surface area contributed by atoms with E-state index in [4.69, 9.17) is 18.0 Å². The summed E-state index contributed by atoms with van der Waals surface area (Å²) in [5, 5.41) is 16.0. The summed E-state index contributed by atoms with van der Waals surface area (Å²) in [6.45, 7) is 0. The maximum absolute atomic E-state index is 13.1. The van der Waals surface area contributed by atoms with Gasteiger partial charge in [-0.25, -0.2) is 4.39 Å². The maximum Gasteiger partial charge on any atom is 0.260 e. The van der Waals surface area contributed by atoms with Crippen molar-refractivity contribution in [1.82, 2.24) is 9.78 Å². The van der Waals surface area contributed by atoms with Gasteiger partial charge in [-0.2, -0.15) is 5.10 Å². The average molecular weight is 294 g/mol. The Morgan fingerprint density at radius 2 is 2.20 bits per heavy atom. The summed E-state index contributed by atoms with van der Waals surface area (Å²) in [7, 11) is 1.59. The number of phenolic OH excluding ortho intramolecular Hbond substituents is 1. The summed E-state index contributed by atoms with van der Waals surface area (Å²) in [6, 6.07) is 3.08. The van der Waals surface area contributed by atoms with Crippen LogP contribution in [0.1, 0.15) is 15.9 Å². The predicted octanol–water partition coefficient (Wildman–Crippen LogP) is 1.15. The standard InChI is InChI=1S/C12H11FN4O2S/c1-17-11(8(5-15-17)10(14)20)16-12(19)7-4-6(13)2-3-9(7)18/h2-5,18H,1H3,(H2,14,20)(H,16,19). The molecule has 0 atom stereocenters. The van der Waals surface area contributed by atoms with Gasteiger partial charge in [0.2, 0.25) is 0 Å². The number of carbonyl (C=O) groups is 1. The van der Waals surface area contributed by atoms with E-state index in [1.54, 1.807) is 7.05 Å². The molecule has 2 aromatic rings. The summed E-state index contributed by atoms with van der Waals surface area (Å²) in [5.74, 6) is -1.38. The number of hydrogen-bond acceptors (Lipinski definition) is 4. The average Bonchev–Trinajstić information content (AvgIpc) is 2.74. The van der Waals surface area contributed by atoms with Crippen molar-refractivity contribution in [3.05, 3.63) is 41.3 Å². The van der Waals surface area contributed by atoms with Crippen molar-refractivity contribution in [2.24, 2.45) is 12.8 Å². The quantitative estimate of drug-likeness (QED) is 0.738. The highest BCUT2D eigenvalue weighted by atomic mass is 32.1. The second kappa shape index (κ2) is 5.25. The van der Waals surface area contributed by atoms with E-state index in [0.29, 0.717) is 5.56 Å². The zero-order valence-corrected chi connectivity index (χ0v) is 11.2. The van der Waals surface area contributed by atoms with Gasteiger partial charge in [-0.05, 0) is 18.2 Å². The van der Waals surface area contributed by atoms with Crippen molar-refractivity contribution in [1.29, 1.82) is 0 Å². The number of benzene rings is 1. The Hall–Kier alpha value is -2.48. The van der Waals surface area contributed by atoms with Gasteiger partial charge in [-0.1, -0.05) is 12.2 Å². The Bertz CT molecular complexity index is 699. The highest BCUT2D eigenvalue weighted by molar-refractivity contribution is 7.80. The van der Waals surface area contributed by atoms with Crippen molar-refractivity contribution in [2.75, 3.05) is 5.32 Å². The van der Waals surface area contributed by atoms with E-state index < -0.39 is 11.7 Å². The number of hydrogen-bond donors (Lipinski definition) is 3. The first kappa shape index (κ1) is 13.9. The number of nitrogens with two attached hydrogens (primary N) is 1. The number of anilines is 1. The van der Waals surface area contributed by atoms with Crippen molar-refractivity contribution >= 4 is 28.9 Å². The Morgan fingerprint density at radius 3 is 2.85 bits per heavy atom. The third-order valence-electron chi connectivity index (χ3n) is 2.64. The van der Waals surface area contributed by atoms with E-state index >= 15 is 0 Å². The number of aromatic hydroxyl groups is 1. The zero-order chi connectivity index (χ0) is 14.9. The molecule has 1 aromatic heterocycles. The van der Waals surface area contributed by atoms with Gasteiger partial charge in [-0.3, -0.25) is 9.48 Å². The molecule has 1 aromatic carbocycles. The first-order valence-corrected chi connectivity index (χ1v) is 5.92. The lowest BCUT2D eigenvalue weighted by atomic mass is 10.2. The highest BCUT2D eigenvalue weighted by Crippen LogP contribution is 2.21. The summed E-state index contributed by atoms with van der Waals surface area (Å²) in [5.41, 5.74) is 5.70. The molecule has 104 valence electrons. The zero-order valence-electron chi connectivity index (χ0n) is 10.4. The van der Waals surface area contributed by atoms with Crippen molar-refractivity contribution in [3.63, 3.8) is 0 Å². The molecule has 0 aliphatic carbocycles.